The molecule has 3 amide bonds. The summed E-state index contributed by atoms with van der Waals surface area (Å²) < 4.78 is 40.2. The zero-order valence-corrected chi connectivity index (χ0v) is 33.4. The van der Waals surface area contributed by atoms with Gasteiger partial charge in [-0.2, -0.15) is 0 Å². The van der Waals surface area contributed by atoms with Crippen LogP contribution in [0.4, 0.5) is 0 Å². The third-order valence-electron chi connectivity index (χ3n) is 12.6. The fourth-order valence-electron chi connectivity index (χ4n) is 8.82. The van der Waals surface area contributed by atoms with Crippen LogP contribution in [-0.4, -0.2) is 90.8 Å². The van der Waals surface area contributed by atoms with Gasteiger partial charge in [-0.25, -0.2) is 13.4 Å². The Morgan fingerprint density at radius 3 is 2.44 bits per heavy atom. The summed E-state index contributed by atoms with van der Waals surface area (Å²) in [6, 6.07) is 16.2. The Morgan fingerprint density at radius 1 is 1.02 bits per heavy atom. The number of allylic oxidation sites excluding steroid dienone is 1. The van der Waals surface area contributed by atoms with Crippen molar-refractivity contribution in [3.05, 3.63) is 67.3 Å². The van der Waals surface area contributed by atoms with E-state index in [1.54, 1.807) is 18.1 Å². The lowest BCUT2D eigenvalue weighted by atomic mass is 9.90. The van der Waals surface area contributed by atoms with Crippen LogP contribution in [0, 0.1) is 23.2 Å². The minimum atomic E-state index is -3.85. The van der Waals surface area contributed by atoms with Gasteiger partial charge in [-0.05, 0) is 68.9 Å². The Balaban J connectivity index is 1.10. The lowest BCUT2D eigenvalue weighted by molar-refractivity contribution is -0.145. The van der Waals surface area contributed by atoms with Crippen LogP contribution in [0.1, 0.15) is 77.0 Å². The number of pyridine rings is 1. The first kappa shape index (κ1) is 39.1. The second kappa shape index (κ2) is 15.9. The molecular weight excluding hydrogens is 745 g/mol. The third kappa shape index (κ3) is 8.44. The van der Waals surface area contributed by atoms with Gasteiger partial charge in [0.05, 0.1) is 41.6 Å². The Morgan fingerprint density at radius 2 is 1.77 bits per heavy atom. The number of hydrogen-bond acceptors (Lipinski definition) is 9. The number of nitrogens with zero attached hydrogens (tertiary/aromatic N) is 3. The zero-order valence-electron chi connectivity index (χ0n) is 32.6. The van der Waals surface area contributed by atoms with E-state index in [2.05, 4.69) is 11.3 Å². The molecule has 0 unspecified atom stereocenters. The first-order valence-corrected chi connectivity index (χ1v) is 22.0. The molecule has 57 heavy (non-hydrogen) atoms. The van der Waals surface area contributed by atoms with Crippen LogP contribution in [0.25, 0.3) is 22.2 Å². The molecule has 3 aromatic rings. The maximum Gasteiger partial charge on any atom is 0.240 e. The normalized spacial score (nSPS) is 25.1. The number of piperidine rings is 1. The van der Waals surface area contributed by atoms with E-state index in [-0.39, 0.29) is 55.7 Å². The largest absolute Gasteiger partial charge is 0.497 e. The monoisotopic (exact) mass is 796 g/mol. The average molecular weight is 797 g/mol. The number of aromatic nitrogens is 1. The van der Waals surface area contributed by atoms with Gasteiger partial charge in [0.1, 0.15) is 17.6 Å². The van der Waals surface area contributed by atoms with Crippen LogP contribution in [-0.2, 0) is 29.2 Å². The van der Waals surface area contributed by atoms with Gasteiger partial charge in [0, 0.05) is 61.4 Å². The molecule has 1 aromatic heterocycles. The lowest BCUT2D eigenvalue weighted by Crippen LogP contribution is -2.47. The predicted octanol–water partition coefficient (Wildman–Crippen LogP) is 5.84. The van der Waals surface area contributed by atoms with Crippen molar-refractivity contribution in [3.8, 4) is 22.8 Å². The topological polar surface area (TPSA) is 152 Å². The van der Waals surface area contributed by atoms with E-state index in [0.717, 1.165) is 43.1 Å². The second-order valence-electron chi connectivity index (χ2n) is 16.8. The Kier molecular flexibility index (Phi) is 10.9. The SMILES string of the molecule is C=C[C@@H]1C[C@]1(CC(=O)[C@@H]1C[C@@H](Oc2cc(-c3ccccc3)nc3cc(OC)ccc23)CN1C(=O)[C@@H](CC(=O)N1CCCCC1)CC1CC1)C(=O)NS(=O)(=O)C1CC1. The third-order valence-corrected chi connectivity index (χ3v) is 14.4. The van der Waals surface area contributed by atoms with Crippen molar-refractivity contribution in [2.24, 2.45) is 23.2 Å². The highest BCUT2D eigenvalue weighted by Gasteiger charge is 2.61. The van der Waals surface area contributed by atoms with Gasteiger partial charge in [0.15, 0.2) is 5.78 Å². The number of hydrogen-bond donors (Lipinski definition) is 1. The summed E-state index contributed by atoms with van der Waals surface area (Å²) in [5.41, 5.74) is 0.960. The summed E-state index contributed by atoms with van der Waals surface area (Å²) >= 11 is 0. The fraction of sp³-hybridized carbons (Fsp3) is 0.523. The Bertz CT molecular complexity index is 2160. The number of ether oxygens (including phenoxy) is 2. The van der Waals surface area contributed by atoms with Crippen molar-refractivity contribution in [2.75, 3.05) is 26.7 Å². The summed E-state index contributed by atoms with van der Waals surface area (Å²) in [4.78, 5) is 65.1. The van der Waals surface area contributed by atoms with Crippen molar-refractivity contribution >= 4 is 44.4 Å². The minimum absolute atomic E-state index is 0.0324. The molecule has 0 radical (unpaired) electrons. The van der Waals surface area contributed by atoms with Gasteiger partial charge in [-0.3, -0.25) is 23.9 Å². The molecule has 13 heteroatoms. The predicted molar refractivity (Wildman–Crippen MR) is 215 cm³/mol. The van der Waals surface area contributed by atoms with Crippen LogP contribution < -0.4 is 14.2 Å². The van der Waals surface area contributed by atoms with E-state index in [1.807, 2.05) is 59.5 Å². The standard InChI is InChI=1S/C44H52N4O8S/c1-3-31-25-44(31,43(52)46-57(53,54)34-15-16-34)26-39(49)38-23-33(27-48(38)42(51)30(20-28-12-13-28)21-41(50)47-18-8-5-9-19-47)56-40-24-36(29-10-6-4-7-11-29)45-37-22-32(55-2)14-17-35(37)40/h3-4,6-7,10-11,14,17,22,24,28,30-31,33-34,38H,1,5,8-9,12-13,15-16,18-21,23,25-27H2,2H3,(H,46,52)/t30-,31-,33-,38+,44-/m1/s1. The smallest absolute Gasteiger partial charge is 0.240 e. The number of amides is 3. The fourth-order valence-corrected chi connectivity index (χ4v) is 10.2. The Hall–Kier alpha value is -4.78. The number of nitrogens with one attached hydrogen (secondary N) is 1. The highest BCUT2D eigenvalue weighted by Crippen LogP contribution is 2.57. The maximum atomic E-state index is 14.8. The summed E-state index contributed by atoms with van der Waals surface area (Å²) in [7, 11) is -2.25. The summed E-state index contributed by atoms with van der Waals surface area (Å²) in [6.07, 6.45) is 7.84. The molecule has 5 fully saturated rings. The average Bonchev–Trinajstić information content (AvgIpc) is 4.13. The van der Waals surface area contributed by atoms with Gasteiger partial charge in [0.25, 0.3) is 0 Å². The molecule has 0 spiro atoms. The van der Waals surface area contributed by atoms with Gasteiger partial charge in [-0.15, -0.1) is 6.58 Å². The summed E-state index contributed by atoms with van der Waals surface area (Å²) in [5.74, 6) is -0.757. The van der Waals surface area contributed by atoms with E-state index in [1.165, 1.54) is 0 Å². The van der Waals surface area contributed by atoms with Crippen molar-refractivity contribution < 1.29 is 37.1 Å². The van der Waals surface area contributed by atoms with Gasteiger partial charge >= 0.3 is 0 Å². The first-order chi connectivity index (χ1) is 27.5. The van der Waals surface area contributed by atoms with Crippen LogP contribution in [0.15, 0.2) is 67.3 Å². The van der Waals surface area contributed by atoms with Crippen LogP contribution in [0.5, 0.6) is 11.5 Å². The number of methoxy groups -OCH3 is 1. The highest BCUT2D eigenvalue weighted by atomic mass is 32.2. The first-order valence-electron chi connectivity index (χ1n) is 20.5. The van der Waals surface area contributed by atoms with Gasteiger partial charge in [0.2, 0.25) is 27.7 Å². The number of ketones is 1. The number of fused-ring (bicyclic) bond motifs is 1. The number of sulfonamides is 1. The van der Waals surface area contributed by atoms with Gasteiger partial charge in [-0.1, -0.05) is 49.2 Å². The molecule has 1 N–H and O–H groups in total. The van der Waals surface area contributed by atoms with E-state index >= 15 is 0 Å². The number of rotatable bonds is 16. The van der Waals surface area contributed by atoms with E-state index in [4.69, 9.17) is 14.5 Å². The number of likely N-dealkylation sites (tertiary alicyclic amines) is 2. The number of Topliss-reactive ketones (excluding diaryl/α,β-unsaturated/α-hetero) is 1. The van der Waals surface area contributed by atoms with Crippen LogP contribution >= 0.6 is 0 Å². The molecule has 12 nitrogen and oxygen atoms in total. The number of carbonyl (C=O) groups excluding carboxylic acids is 4. The zero-order chi connectivity index (χ0) is 39.9. The molecule has 3 heterocycles. The summed E-state index contributed by atoms with van der Waals surface area (Å²) in [5, 5.41) is 0.140. The molecule has 2 saturated heterocycles. The quantitative estimate of drug-likeness (QED) is 0.176. The van der Waals surface area contributed by atoms with E-state index in [0.29, 0.717) is 61.0 Å². The highest BCUT2D eigenvalue weighted by molar-refractivity contribution is 7.90. The van der Waals surface area contributed by atoms with Crippen LogP contribution in [0.2, 0.25) is 0 Å². The van der Waals surface area contributed by atoms with Crippen molar-refractivity contribution in [1.82, 2.24) is 19.5 Å². The molecule has 5 atom stereocenters. The molecule has 302 valence electrons. The molecular formula is C44H52N4O8S. The molecule has 3 saturated carbocycles. The van der Waals surface area contributed by atoms with E-state index < -0.39 is 44.7 Å². The molecule has 0 bridgehead atoms. The lowest BCUT2D eigenvalue weighted by Gasteiger charge is -2.31. The summed E-state index contributed by atoms with van der Waals surface area (Å²) in [6.45, 7) is 5.34. The minimum Gasteiger partial charge on any atom is -0.497 e. The van der Waals surface area contributed by atoms with Crippen molar-refractivity contribution in [3.63, 3.8) is 0 Å². The van der Waals surface area contributed by atoms with Crippen LogP contribution in [0.3, 0.4) is 0 Å². The molecule has 5 aliphatic rings. The molecule has 2 aliphatic heterocycles. The number of benzene rings is 2. The Labute approximate surface area is 334 Å². The second-order valence-corrected chi connectivity index (χ2v) is 18.7. The molecule has 8 rings (SSSR count). The molecule has 2 aromatic carbocycles. The van der Waals surface area contributed by atoms with Crippen molar-refractivity contribution in [1.29, 1.82) is 0 Å². The van der Waals surface area contributed by atoms with E-state index in [9.17, 15) is 27.6 Å². The number of carbonyl (C=O) groups is 4. The maximum absolute atomic E-state index is 14.8. The van der Waals surface area contributed by atoms with Crippen molar-refractivity contribution in [2.45, 2.75) is 94.4 Å². The van der Waals surface area contributed by atoms with Gasteiger partial charge < -0.3 is 19.3 Å². The molecule has 3 aliphatic carbocycles.